The second kappa shape index (κ2) is 7.41. The molecule has 4 rings (SSSR count). The molecule has 0 aliphatic heterocycles. The van der Waals surface area contributed by atoms with Crippen molar-refractivity contribution in [2.24, 2.45) is 5.92 Å². The molecule has 1 saturated carbocycles. The van der Waals surface area contributed by atoms with Crippen LogP contribution in [0.2, 0.25) is 0 Å². The number of hydrogen-bond acceptors (Lipinski definition) is 5. The van der Waals surface area contributed by atoms with E-state index in [4.69, 9.17) is 5.73 Å². The normalized spacial score (nSPS) is 13.4. The SMILES string of the molecule is Nc1ncnc2c1c(C#Cc1cc(F)cc(C(=O)CC3CC3)c1)cn2CCO. The quantitative estimate of drug-likeness (QED) is 0.526. The summed E-state index contributed by atoms with van der Waals surface area (Å²) in [5.41, 5.74) is 7.89. The lowest BCUT2D eigenvalue weighted by atomic mass is 10.0. The number of aromatic nitrogens is 3. The number of benzene rings is 1. The van der Waals surface area contributed by atoms with Crippen LogP contribution in [-0.4, -0.2) is 32.0 Å². The standard InChI is InChI=1S/C21H19FN4O2/c22-17-8-14(7-16(10-17)18(28)9-13-1-2-13)3-4-15-11-26(5-6-27)21-19(15)20(23)24-12-25-21/h7-8,10-13,27H,1-2,5-6,9H2,(H2,23,24,25). The molecule has 3 aromatic rings. The van der Waals surface area contributed by atoms with Crippen LogP contribution in [0.5, 0.6) is 0 Å². The highest BCUT2D eigenvalue weighted by Crippen LogP contribution is 2.33. The maximum absolute atomic E-state index is 14.0. The van der Waals surface area contributed by atoms with E-state index in [2.05, 4.69) is 21.8 Å². The Morgan fingerprint density at radius 2 is 2.11 bits per heavy atom. The van der Waals surface area contributed by atoms with Gasteiger partial charge < -0.3 is 15.4 Å². The zero-order valence-corrected chi connectivity index (χ0v) is 15.2. The Morgan fingerprint density at radius 1 is 1.29 bits per heavy atom. The predicted molar refractivity (Wildman–Crippen MR) is 103 cm³/mol. The molecule has 1 aliphatic rings. The fourth-order valence-electron chi connectivity index (χ4n) is 3.18. The highest BCUT2D eigenvalue weighted by atomic mass is 19.1. The van der Waals surface area contributed by atoms with E-state index in [1.807, 2.05) is 0 Å². The van der Waals surface area contributed by atoms with Crippen LogP contribution < -0.4 is 5.73 Å². The van der Waals surface area contributed by atoms with E-state index in [9.17, 15) is 14.3 Å². The minimum absolute atomic E-state index is 0.0535. The van der Waals surface area contributed by atoms with E-state index in [1.165, 1.54) is 18.5 Å². The number of aliphatic hydroxyl groups excluding tert-OH is 1. The van der Waals surface area contributed by atoms with Crippen molar-refractivity contribution in [2.45, 2.75) is 25.8 Å². The highest BCUT2D eigenvalue weighted by Gasteiger charge is 2.25. The molecule has 0 saturated heterocycles. The number of ketones is 1. The Kier molecular flexibility index (Phi) is 4.80. The van der Waals surface area contributed by atoms with Gasteiger partial charge in [0.05, 0.1) is 17.6 Å². The fraction of sp³-hybridized carbons (Fsp3) is 0.286. The topological polar surface area (TPSA) is 94.0 Å². The molecule has 28 heavy (non-hydrogen) atoms. The van der Waals surface area contributed by atoms with E-state index < -0.39 is 5.82 Å². The van der Waals surface area contributed by atoms with Crippen molar-refractivity contribution in [3.05, 3.63) is 53.2 Å². The highest BCUT2D eigenvalue weighted by molar-refractivity contribution is 5.97. The van der Waals surface area contributed by atoms with Crippen LogP contribution in [0.25, 0.3) is 11.0 Å². The molecular weight excluding hydrogens is 359 g/mol. The van der Waals surface area contributed by atoms with Gasteiger partial charge in [0.1, 0.15) is 23.6 Å². The van der Waals surface area contributed by atoms with Crippen molar-refractivity contribution in [3.8, 4) is 11.8 Å². The van der Waals surface area contributed by atoms with Crippen LogP contribution >= 0.6 is 0 Å². The number of fused-ring (bicyclic) bond motifs is 1. The summed E-state index contributed by atoms with van der Waals surface area (Å²) in [4.78, 5) is 20.5. The first kappa shape index (κ1) is 18.1. The number of nitrogen functional groups attached to an aromatic ring is 1. The van der Waals surface area contributed by atoms with Crippen molar-refractivity contribution in [3.63, 3.8) is 0 Å². The van der Waals surface area contributed by atoms with Crippen LogP contribution in [-0.2, 0) is 6.54 Å². The first-order valence-corrected chi connectivity index (χ1v) is 9.11. The minimum atomic E-state index is -0.489. The molecule has 6 nitrogen and oxygen atoms in total. The molecule has 0 atom stereocenters. The third kappa shape index (κ3) is 3.73. The average Bonchev–Trinajstić information content (AvgIpc) is 3.41. The summed E-state index contributed by atoms with van der Waals surface area (Å²) in [7, 11) is 0. The van der Waals surface area contributed by atoms with Gasteiger partial charge in [-0.1, -0.05) is 11.8 Å². The number of hydrogen-bond donors (Lipinski definition) is 2. The number of nitrogens with two attached hydrogens (primary N) is 1. The molecule has 1 aliphatic carbocycles. The molecule has 1 aromatic carbocycles. The van der Waals surface area contributed by atoms with E-state index in [-0.39, 0.29) is 18.2 Å². The zero-order valence-electron chi connectivity index (χ0n) is 15.2. The van der Waals surface area contributed by atoms with Crippen molar-refractivity contribution < 1.29 is 14.3 Å². The lowest BCUT2D eigenvalue weighted by molar-refractivity contribution is 0.0975. The number of Topliss-reactive ketones (excluding diaryl/α,β-unsaturated/α-hetero) is 1. The van der Waals surface area contributed by atoms with Gasteiger partial charge in [-0.05, 0) is 37.0 Å². The summed E-state index contributed by atoms with van der Waals surface area (Å²) < 4.78 is 15.7. The smallest absolute Gasteiger partial charge is 0.163 e. The van der Waals surface area contributed by atoms with Crippen molar-refractivity contribution in [1.29, 1.82) is 0 Å². The predicted octanol–water partition coefficient (Wildman–Crippen LogP) is 2.53. The van der Waals surface area contributed by atoms with E-state index >= 15 is 0 Å². The van der Waals surface area contributed by atoms with Gasteiger partial charge in [-0.3, -0.25) is 4.79 Å². The summed E-state index contributed by atoms with van der Waals surface area (Å²) in [6.45, 7) is 0.283. The molecule has 142 valence electrons. The van der Waals surface area contributed by atoms with Crippen molar-refractivity contribution >= 4 is 22.6 Å². The molecule has 0 spiro atoms. The lowest BCUT2D eigenvalue weighted by Crippen LogP contribution is -2.02. The van der Waals surface area contributed by atoms with Gasteiger partial charge in [-0.15, -0.1) is 0 Å². The van der Waals surface area contributed by atoms with Gasteiger partial charge in [0.15, 0.2) is 5.78 Å². The Balaban J connectivity index is 1.71. The molecule has 3 N–H and O–H groups in total. The van der Waals surface area contributed by atoms with Gasteiger partial charge in [0.2, 0.25) is 0 Å². The average molecular weight is 378 g/mol. The molecule has 0 unspecified atom stereocenters. The second-order valence-corrected chi connectivity index (χ2v) is 6.97. The number of nitrogens with zero attached hydrogens (tertiary/aromatic N) is 3. The van der Waals surface area contributed by atoms with E-state index in [0.717, 1.165) is 12.8 Å². The minimum Gasteiger partial charge on any atom is -0.395 e. The molecule has 0 amide bonds. The fourth-order valence-corrected chi connectivity index (χ4v) is 3.18. The van der Waals surface area contributed by atoms with Crippen molar-refractivity contribution in [2.75, 3.05) is 12.3 Å². The summed E-state index contributed by atoms with van der Waals surface area (Å²) in [6, 6.07) is 4.18. The van der Waals surface area contributed by atoms with Crippen LogP contribution in [0.1, 0.15) is 40.7 Å². The second-order valence-electron chi connectivity index (χ2n) is 6.97. The molecule has 7 heteroatoms. The summed E-state index contributed by atoms with van der Waals surface area (Å²) in [6.07, 6.45) is 5.67. The van der Waals surface area contributed by atoms with Gasteiger partial charge in [-0.25, -0.2) is 14.4 Å². The molecule has 0 radical (unpaired) electrons. The largest absolute Gasteiger partial charge is 0.395 e. The van der Waals surface area contributed by atoms with Crippen LogP contribution in [0.15, 0.2) is 30.7 Å². The zero-order chi connectivity index (χ0) is 19.7. The van der Waals surface area contributed by atoms with E-state index in [1.54, 1.807) is 16.8 Å². The number of rotatable bonds is 5. The van der Waals surface area contributed by atoms with Gasteiger partial charge in [0, 0.05) is 30.3 Å². The maximum atomic E-state index is 14.0. The third-order valence-electron chi connectivity index (χ3n) is 4.76. The first-order valence-electron chi connectivity index (χ1n) is 9.11. The third-order valence-corrected chi connectivity index (χ3v) is 4.76. The summed E-state index contributed by atoms with van der Waals surface area (Å²) >= 11 is 0. The molecule has 2 heterocycles. The summed E-state index contributed by atoms with van der Waals surface area (Å²) in [5, 5.41) is 9.83. The molecular formula is C21H19FN4O2. The van der Waals surface area contributed by atoms with Gasteiger partial charge in [-0.2, -0.15) is 0 Å². The van der Waals surface area contributed by atoms with Crippen LogP contribution in [0.3, 0.4) is 0 Å². The Bertz CT molecular complexity index is 1120. The monoisotopic (exact) mass is 378 g/mol. The number of anilines is 1. The number of carbonyl (C=O) groups excluding carboxylic acids is 1. The van der Waals surface area contributed by atoms with Gasteiger partial charge in [0.25, 0.3) is 0 Å². The Morgan fingerprint density at radius 3 is 2.86 bits per heavy atom. The number of aliphatic hydroxyl groups is 1. The number of halogens is 1. The van der Waals surface area contributed by atoms with E-state index in [0.29, 0.717) is 46.6 Å². The first-order chi connectivity index (χ1) is 13.5. The number of carbonyl (C=O) groups is 1. The van der Waals surface area contributed by atoms with Crippen molar-refractivity contribution in [1.82, 2.24) is 14.5 Å². The Labute approximate surface area is 161 Å². The van der Waals surface area contributed by atoms with Crippen LogP contribution in [0, 0.1) is 23.6 Å². The Hall–Kier alpha value is -3.24. The maximum Gasteiger partial charge on any atom is 0.163 e. The molecule has 2 aromatic heterocycles. The molecule has 0 bridgehead atoms. The summed E-state index contributed by atoms with van der Waals surface area (Å²) in [5.74, 6) is 6.07. The van der Waals surface area contributed by atoms with Gasteiger partial charge >= 0.3 is 0 Å². The lowest BCUT2D eigenvalue weighted by Gasteiger charge is -2.01. The van der Waals surface area contributed by atoms with Crippen LogP contribution in [0.4, 0.5) is 10.2 Å². The molecule has 1 fully saturated rings.